The molecule has 702 valence electrons. The lowest BCUT2D eigenvalue weighted by Gasteiger charge is -2.39. The van der Waals surface area contributed by atoms with Gasteiger partial charge in [0.2, 0.25) is 0 Å². The minimum Gasteiger partial charge on any atom is -0.457 e. The highest BCUT2D eigenvalue weighted by Crippen LogP contribution is 2.67. The summed E-state index contributed by atoms with van der Waals surface area (Å²) in [6, 6.07) is 184. The molecule has 0 saturated carbocycles. The monoisotopic (exact) mass is 1920 g/mol. The maximum atomic E-state index is 6.67. The van der Waals surface area contributed by atoms with Crippen LogP contribution in [0, 0.1) is 0 Å². The van der Waals surface area contributed by atoms with Crippen LogP contribution in [0.4, 0.5) is 0 Å². The number of ether oxygens (including phenoxy) is 3. The summed E-state index contributed by atoms with van der Waals surface area (Å²) in [5, 5.41) is 0. The van der Waals surface area contributed by atoms with Gasteiger partial charge in [-0.1, -0.05) is 479 Å². The van der Waals surface area contributed by atoms with E-state index in [4.69, 9.17) is 59.1 Å². The molecular formula is C138H87N9O3. The third-order valence-electron chi connectivity index (χ3n) is 30.1. The molecule has 6 heterocycles. The molecule has 12 nitrogen and oxygen atoms in total. The second-order valence-electron chi connectivity index (χ2n) is 38.2. The van der Waals surface area contributed by atoms with Crippen LogP contribution in [0.2, 0.25) is 0 Å². The fourth-order valence-electron chi connectivity index (χ4n) is 23.5. The molecular weight excluding hydrogens is 1830 g/mol. The lowest BCUT2D eigenvalue weighted by Crippen LogP contribution is -2.32. The van der Waals surface area contributed by atoms with Crippen LogP contribution in [-0.2, 0) is 16.2 Å². The Kier molecular flexibility index (Phi) is 21.3. The zero-order valence-electron chi connectivity index (χ0n) is 81.0. The van der Waals surface area contributed by atoms with Gasteiger partial charge < -0.3 is 14.2 Å². The molecule has 12 heteroatoms. The standard InChI is InChI=1S/C52H33N3O.C46H29N3O.C40H25N3O/c1-3-14-37(15-4-1)49-53-50(38-16-5-2-6-17-38)55-51(54-49)39-32-28-35(29-33-39)34-26-30-36(31-27-34)40-19-13-23-45-48(40)41-18-7-8-20-42(41)52(45)43-21-9-11-24-46(43)56-47-25-12-10-22-44(47)52;1-3-13-30(14-4-1)31-23-25-33(26-24-31)44-47-43(32-15-5-2-6-16-32)48-45(49-44)34-27-28-42-40(29-34)46(39-21-11-12-22-41(39)50-42)37-19-9-7-17-35(37)36-18-8-10-20-38(36)46;1-3-14-26(15-4-1)37-41-38(27-16-5-2-6-17-27)43-39(42-37)29-19-13-23-33-36(29)28-18-7-8-20-30(28)40(33)31-21-9-11-24-34(31)44-35-25-12-10-22-32(35)40/h1-33H;1-29H;1-25H. The lowest BCUT2D eigenvalue weighted by molar-refractivity contribution is 0.436. The number of benzene rings is 21. The Morgan fingerprint density at radius 3 is 0.633 bits per heavy atom. The summed E-state index contributed by atoms with van der Waals surface area (Å²) in [6.07, 6.45) is 0. The summed E-state index contributed by atoms with van der Waals surface area (Å²) in [7, 11) is 0. The largest absolute Gasteiger partial charge is 0.457 e. The Labute approximate surface area is 867 Å². The smallest absolute Gasteiger partial charge is 0.164 e. The molecule has 0 atom stereocenters. The van der Waals surface area contributed by atoms with Crippen molar-refractivity contribution in [2.24, 2.45) is 0 Å². The number of hydrogen-bond acceptors (Lipinski definition) is 12. The molecule has 0 radical (unpaired) electrons. The summed E-state index contributed by atoms with van der Waals surface area (Å²) in [6.45, 7) is 0. The van der Waals surface area contributed by atoms with Crippen molar-refractivity contribution < 1.29 is 14.2 Å². The number of nitrogens with zero attached hydrogens (tertiary/aromatic N) is 9. The van der Waals surface area contributed by atoms with Crippen molar-refractivity contribution in [2.75, 3.05) is 0 Å². The second-order valence-corrected chi connectivity index (χ2v) is 38.2. The fraction of sp³-hybridized carbons (Fsp3) is 0.0217. The highest BCUT2D eigenvalue weighted by Gasteiger charge is 2.55. The highest BCUT2D eigenvalue weighted by atomic mass is 16.5. The Morgan fingerprint density at radius 1 is 0.113 bits per heavy atom. The van der Waals surface area contributed by atoms with Crippen molar-refractivity contribution in [3.63, 3.8) is 0 Å². The van der Waals surface area contributed by atoms with Gasteiger partial charge in [0.25, 0.3) is 0 Å². The Morgan fingerprint density at radius 2 is 0.307 bits per heavy atom. The predicted molar refractivity (Wildman–Crippen MR) is 597 cm³/mol. The minimum absolute atomic E-state index is 0.489. The molecule has 24 aromatic rings. The molecule has 3 spiro atoms. The van der Waals surface area contributed by atoms with E-state index in [0.29, 0.717) is 52.4 Å². The van der Waals surface area contributed by atoms with Crippen LogP contribution < -0.4 is 14.2 Å². The first-order valence-corrected chi connectivity index (χ1v) is 50.6. The zero-order valence-corrected chi connectivity index (χ0v) is 81.0. The quantitative estimate of drug-likeness (QED) is 0.115. The summed E-state index contributed by atoms with van der Waals surface area (Å²) >= 11 is 0. The third kappa shape index (κ3) is 14.5. The Bertz CT molecular complexity index is 9150. The van der Waals surface area contributed by atoms with Crippen LogP contribution in [0.1, 0.15) is 66.8 Å². The number of fused-ring (bicyclic) bond motifs is 27. The highest BCUT2D eigenvalue weighted by molar-refractivity contribution is 5.99. The predicted octanol–water partition coefficient (Wildman–Crippen LogP) is 33.0. The summed E-state index contributed by atoms with van der Waals surface area (Å²) in [5.41, 5.74) is 35.4. The van der Waals surface area contributed by atoms with Gasteiger partial charge >= 0.3 is 0 Å². The number of hydrogen-bond donors (Lipinski definition) is 0. The van der Waals surface area contributed by atoms with Gasteiger partial charge in [0, 0.05) is 83.5 Å². The number of aromatic nitrogens is 9. The molecule has 0 unspecified atom stereocenters. The van der Waals surface area contributed by atoms with E-state index in [2.05, 4.69) is 352 Å². The van der Waals surface area contributed by atoms with E-state index in [1.165, 1.54) is 89.0 Å². The SMILES string of the molecule is c1ccc(-c2ccc(-c3nc(-c4ccccc4)nc(-c4ccc5c(c4)C4(c6ccccc6O5)c5ccccc5-c5ccccc54)n3)cc2)cc1.c1ccc(-c2nc(-c3ccccc3)nc(-c3ccc(-c4ccc(-c5cccc6c5-c5ccccc5C65c6ccccc6Oc6ccccc65)cc4)cc3)n2)cc1.c1ccc(-c2nc(-c3ccccc3)nc(-c3cccc4c3-c3ccccc3C43c4ccccc4Oc4ccccc43)n2)cc1. The van der Waals surface area contributed by atoms with E-state index in [1.807, 2.05) is 176 Å². The second kappa shape index (κ2) is 36.4. The van der Waals surface area contributed by atoms with Crippen molar-refractivity contribution in [1.82, 2.24) is 44.9 Å². The minimum atomic E-state index is -0.571. The molecule has 3 aliphatic heterocycles. The van der Waals surface area contributed by atoms with Crippen molar-refractivity contribution in [2.45, 2.75) is 16.2 Å². The van der Waals surface area contributed by atoms with Gasteiger partial charge in [-0.25, -0.2) is 44.9 Å². The van der Waals surface area contributed by atoms with Gasteiger partial charge in [-0.2, -0.15) is 0 Å². The van der Waals surface area contributed by atoms with Crippen molar-refractivity contribution in [3.8, 4) is 204 Å². The van der Waals surface area contributed by atoms with Crippen LogP contribution in [0.15, 0.2) is 528 Å². The van der Waals surface area contributed by atoms with Crippen LogP contribution in [0.5, 0.6) is 34.5 Å². The molecule has 6 aliphatic rings. The van der Waals surface area contributed by atoms with Gasteiger partial charge in [0.05, 0.1) is 16.2 Å². The summed E-state index contributed by atoms with van der Waals surface area (Å²) in [4.78, 5) is 45.1. The molecule has 30 rings (SSSR count). The first kappa shape index (κ1) is 87.8. The van der Waals surface area contributed by atoms with Crippen molar-refractivity contribution in [1.29, 1.82) is 0 Å². The molecule has 0 saturated heterocycles. The van der Waals surface area contributed by atoms with Crippen LogP contribution >= 0.6 is 0 Å². The summed E-state index contributed by atoms with van der Waals surface area (Å²) < 4.78 is 19.7. The average Bonchev–Trinajstić information content (AvgIpc) is 1.52. The molecule has 150 heavy (non-hydrogen) atoms. The van der Waals surface area contributed by atoms with Gasteiger partial charge in [0.1, 0.15) is 34.5 Å². The van der Waals surface area contributed by atoms with E-state index >= 15 is 0 Å². The fourth-order valence-corrected chi connectivity index (χ4v) is 23.5. The van der Waals surface area contributed by atoms with Crippen LogP contribution in [0.25, 0.3) is 169 Å². The van der Waals surface area contributed by atoms with E-state index in [1.54, 1.807) is 0 Å². The first-order valence-electron chi connectivity index (χ1n) is 50.6. The van der Waals surface area contributed by atoms with Crippen LogP contribution in [-0.4, -0.2) is 44.9 Å². The van der Waals surface area contributed by atoms with Crippen LogP contribution in [0.3, 0.4) is 0 Å². The lowest BCUT2D eigenvalue weighted by atomic mass is 9.66. The molecule has 3 aliphatic carbocycles. The van der Waals surface area contributed by atoms with E-state index in [0.717, 1.165) is 129 Å². The first-order chi connectivity index (χ1) is 74.3. The topological polar surface area (TPSA) is 144 Å². The summed E-state index contributed by atoms with van der Waals surface area (Å²) in [5.74, 6) is 11.0. The van der Waals surface area contributed by atoms with Gasteiger partial charge in [0.15, 0.2) is 52.4 Å². The normalized spacial score (nSPS) is 13.1. The maximum Gasteiger partial charge on any atom is 0.164 e. The number of rotatable bonds is 12. The molecule has 3 aromatic heterocycles. The maximum absolute atomic E-state index is 6.67. The van der Waals surface area contributed by atoms with Gasteiger partial charge in [-0.3, -0.25) is 0 Å². The average molecular weight is 1920 g/mol. The Hall–Kier alpha value is -20.0. The van der Waals surface area contributed by atoms with E-state index < -0.39 is 16.2 Å². The van der Waals surface area contributed by atoms with Crippen molar-refractivity contribution >= 4 is 0 Å². The third-order valence-corrected chi connectivity index (χ3v) is 30.1. The molecule has 0 fully saturated rings. The zero-order chi connectivity index (χ0) is 99.2. The van der Waals surface area contributed by atoms with E-state index in [9.17, 15) is 0 Å². The van der Waals surface area contributed by atoms with E-state index in [-0.39, 0.29) is 0 Å². The van der Waals surface area contributed by atoms with Gasteiger partial charge in [-0.15, -0.1) is 0 Å². The molecule has 21 aromatic carbocycles. The number of para-hydroxylation sites is 5. The molecule has 0 bridgehead atoms. The molecule has 0 amide bonds. The Balaban J connectivity index is 0.000000109. The van der Waals surface area contributed by atoms with Crippen molar-refractivity contribution in [3.05, 3.63) is 595 Å². The van der Waals surface area contributed by atoms with Gasteiger partial charge in [-0.05, 0) is 149 Å². The molecule has 0 N–H and O–H groups in total.